The van der Waals surface area contributed by atoms with Crippen molar-refractivity contribution in [3.8, 4) is 0 Å². The van der Waals surface area contributed by atoms with Crippen molar-refractivity contribution >= 4 is 34.6 Å². The van der Waals surface area contributed by atoms with Gasteiger partial charge < -0.3 is 10.6 Å². The summed E-state index contributed by atoms with van der Waals surface area (Å²) < 4.78 is 0. The molecule has 2 aromatic rings. The molecule has 0 saturated carbocycles. The monoisotopic (exact) mass is 321 g/mol. The molecule has 1 aromatic heterocycles. The minimum atomic E-state index is -0.499. The number of nitro groups is 1. The molecule has 0 atom stereocenters. The van der Waals surface area contributed by atoms with Crippen molar-refractivity contribution in [1.29, 1.82) is 0 Å². The lowest BCUT2D eigenvalue weighted by Crippen LogP contribution is -2.09. The first kappa shape index (κ1) is 16.0. The van der Waals surface area contributed by atoms with Gasteiger partial charge in [-0.1, -0.05) is 31.0 Å². The van der Waals surface area contributed by atoms with Gasteiger partial charge in [-0.05, 0) is 24.6 Å². The number of aromatic nitrogens is 2. The summed E-state index contributed by atoms with van der Waals surface area (Å²) in [4.78, 5) is 18.8. The Morgan fingerprint density at radius 1 is 1.32 bits per heavy atom. The van der Waals surface area contributed by atoms with Crippen molar-refractivity contribution in [2.45, 2.75) is 19.8 Å². The highest BCUT2D eigenvalue weighted by Crippen LogP contribution is 2.31. The maximum atomic E-state index is 11.4. The summed E-state index contributed by atoms with van der Waals surface area (Å²) in [5.41, 5.74) is 0.437. The van der Waals surface area contributed by atoms with Gasteiger partial charge in [0, 0.05) is 17.3 Å². The number of hydrogen-bond donors (Lipinski definition) is 2. The molecule has 8 heteroatoms. The first-order valence-electron chi connectivity index (χ1n) is 6.87. The zero-order valence-corrected chi connectivity index (χ0v) is 12.8. The molecule has 0 spiro atoms. The Balaban J connectivity index is 2.30. The van der Waals surface area contributed by atoms with E-state index in [0.29, 0.717) is 17.3 Å². The van der Waals surface area contributed by atoms with Gasteiger partial charge in [-0.3, -0.25) is 10.1 Å². The average Bonchev–Trinajstić information content (AvgIpc) is 2.47. The Kier molecular flexibility index (Phi) is 5.48. The molecule has 7 nitrogen and oxygen atoms in total. The van der Waals surface area contributed by atoms with Crippen LogP contribution < -0.4 is 10.6 Å². The largest absolute Gasteiger partial charge is 0.364 e. The number of unbranched alkanes of at least 4 members (excludes halogenated alkanes) is 1. The molecule has 2 N–H and O–H groups in total. The summed E-state index contributed by atoms with van der Waals surface area (Å²) in [5.74, 6) is 0.333. The Morgan fingerprint density at radius 2 is 2.09 bits per heavy atom. The standard InChI is InChI=1S/C14H16ClN5O2/c1-2-3-7-16-13-12(20(21)22)14(18-9-17-13)19-11-6-4-5-10(15)8-11/h4-6,8-9H,2-3,7H2,1H3,(H2,16,17,18,19). The summed E-state index contributed by atoms with van der Waals surface area (Å²) in [6, 6.07) is 6.89. The summed E-state index contributed by atoms with van der Waals surface area (Å²) in [6.07, 6.45) is 3.17. The summed E-state index contributed by atoms with van der Waals surface area (Å²) in [6.45, 7) is 2.66. The number of nitrogens with one attached hydrogen (secondary N) is 2. The minimum absolute atomic E-state index is 0.126. The van der Waals surface area contributed by atoms with Crippen LogP contribution in [0.3, 0.4) is 0 Å². The first-order chi connectivity index (χ1) is 10.6. The maximum Gasteiger partial charge on any atom is 0.353 e. The number of anilines is 3. The zero-order valence-electron chi connectivity index (χ0n) is 12.0. The lowest BCUT2D eigenvalue weighted by Gasteiger charge is -2.10. The van der Waals surface area contributed by atoms with Gasteiger partial charge in [0.15, 0.2) is 0 Å². The van der Waals surface area contributed by atoms with E-state index in [0.717, 1.165) is 12.8 Å². The van der Waals surface area contributed by atoms with Gasteiger partial charge in [0.05, 0.1) is 4.92 Å². The van der Waals surface area contributed by atoms with Crippen LogP contribution in [-0.2, 0) is 0 Å². The number of rotatable bonds is 7. The van der Waals surface area contributed by atoms with Crippen molar-refractivity contribution < 1.29 is 4.92 Å². The van der Waals surface area contributed by atoms with Gasteiger partial charge in [-0.2, -0.15) is 0 Å². The van der Waals surface area contributed by atoms with Crippen LogP contribution in [-0.4, -0.2) is 21.4 Å². The van der Waals surface area contributed by atoms with Crippen LogP contribution in [0.2, 0.25) is 5.02 Å². The van der Waals surface area contributed by atoms with Crippen molar-refractivity contribution in [3.05, 3.63) is 45.7 Å². The predicted molar refractivity (Wildman–Crippen MR) is 86.8 cm³/mol. The summed E-state index contributed by atoms with van der Waals surface area (Å²) in [5, 5.41) is 17.8. The minimum Gasteiger partial charge on any atom is -0.364 e. The van der Waals surface area contributed by atoms with E-state index in [2.05, 4.69) is 20.6 Å². The molecule has 116 valence electrons. The molecular weight excluding hydrogens is 306 g/mol. The molecule has 1 heterocycles. The second kappa shape index (κ2) is 7.56. The second-order valence-corrected chi connectivity index (χ2v) is 5.03. The molecule has 0 aliphatic rings. The lowest BCUT2D eigenvalue weighted by atomic mass is 10.3. The molecule has 0 aliphatic heterocycles. The second-order valence-electron chi connectivity index (χ2n) is 4.59. The quantitative estimate of drug-likeness (QED) is 0.455. The van der Waals surface area contributed by atoms with Gasteiger partial charge in [-0.15, -0.1) is 0 Å². The number of nitrogens with zero attached hydrogens (tertiary/aromatic N) is 3. The number of hydrogen-bond acceptors (Lipinski definition) is 6. The molecule has 0 radical (unpaired) electrons. The third-order valence-corrected chi connectivity index (χ3v) is 3.15. The van der Waals surface area contributed by atoms with E-state index in [1.165, 1.54) is 6.33 Å². The highest BCUT2D eigenvalue weighted by molar-refractivity contribution is 6.30. The maximum absolute atomic E-state index is 11.4. The van der Waals surface area contributed by atoms with Gasteiger partial charge in [0.1, 0.15) is 6.33 Å². The molecule has 0 saturated heterocycles. The lowest BCUT2D eigenvalue weighted by molar-refractivity contribution is -0.383. The molecule has 0 unspecified atom stereocenters. The van der Waals surface area contributed by atoms with Crippen LogP contribution >= 0.6 is 11.6 Å². The Hall–Kier alpha value is -2.41. The van der Waals surface area contributed by atoms with E-state index in [1.54, 1.807) is 24.3 Å². The average molecular weight is 322 g/mol. The first-order valence-corrected chi connectivity index (χ1v) is 7.25. The normalized spacial score (nSPS) is 10.3. The third kappa shape index (κ3) is 4.05. The number of halogens is 1. The number of benzene rings is 1. The van der Waals surface area contributed by atoms with E-state index in [9.17, 15) is 10.1 Å². The van der Waals surface area contributed by atoms with Crippen LogP contribution in [0.25, 0.3) is 0 Å². The van der Waals surface area contributed by atoms with Crippen molar-refractivity contribution in [2.75, 3.05) is 17.2 Å². The molecule has 0 amide bonds. The van der Waals surface area contributed by atoms with Gasteiger partial charge in [0.25, 0.3) is 0 Å². The smallest absolute Gasteiger partial charge is 0.353 e. The fourth-order valence-corrected chi connectivity index (χ4v) is 2.05. The Labute approximate surface area is 132 Å². The fourth-order valence-electron chi connectivity index (χ4n) is 1.86. The van der Waals surface area contributed by atoms with E-state index >= 15 is 0 Å². The molecule has 0 bridgehead atoms. The molecule has 2 rings (SSSR count). The molecule has 22 heavy (non-hydrogen) atoms. The topological polar surface area (TPSA) is 93.0 Å². The van der Waals surface area contributed by atoms with Crippen LogP contribution in [0.1, 0.15) is 19.8 Å². The van der Waals surface area contributed by atoms with Crippen molar-refractivity contribution in [1.82, 2.24) is 9.97 Å². The van der Waals surface area contributed by atoms with Crippen LogP contribution in [0.15, 0.2) is 30.6 Å². The predicted octanol–water partition coefficient (Wildman–Crippen LogP) is 3.99. The molecule has 0 aliphatic carbocycles. The van der Waals surface area contributed by atoms with Gasteiger partial charge in [0.2, 0.25) is 11.6 Å². The fraction of sp³-hybridized carbons (Fsp3) is 0.286. The molecule has 0 fully saturated rings. The Bertz CT molecular complexity index is 665. The zero-order chi connectivity index (χ0) is 15.9. The van der Waals surface area contributed by atoms with Gasteiger partial charge >= 0.3 is 5.69 Å². The van der Waals surface area contributed by atoms with E-state index < -0.39 is 4.92 Å². The third-order valence-electron chi connectivity index (χ3n) is 2.91. The van der Waals surface area contributed by atoms with Gasteiger partial charge in [-0.25, -0.2) is 9.97 Å². The highest BCUT2D eigenvalue weighted by Gasteiger charge is 2.22. The molecule has 1 aromatic carbocycles. The van der Waals surface area contributed by atoms with E-state index in [1.807, 2.05) is 6.92 Å². The summed E-state index contributed by atoms with van der Waals surface area (Å²) in [7, 11) is 0. The van der Waals surface area contributed by atoms with Crippen molar-refractivity contribution in [2.24, 2.45) is 0 Å². The van der Waals surface area contributed by atoms with Crippen LogP contribution in [0.5, 0.6) is 0 Å². The Morgan fingerprint density at radius 3 is 2.77 bits per heavy atom. The van der Waals surface area contributed by atoms with E-state index in [-0.39, 0.29) is 17.3 Å². The van der Waals surface area contributed by atoms with Crippen LogP contribution in [0, 0.1) is 10.1 Å². The SMILES string of the molecule is CCCCNc1ncnc(Nc2cccc(Cl)c2)c1[N+](=O)[O-]. The molecular formula is C14H16ClN5O2. The van der Waals surface area contributed by atoms with Crippen molar-refractivity contribution in [3.63, 3.8) is 0 Å². The summed E-state index contributed by atoms with van der Waals surface area (Å²) >= 11 is 5.91. The van der Waals surface area contributed by atoms with E-state index in [4.69, 9.17) is 11.6 Å². The van der Waals surface area contributed by atoms with Crippen LogP contribution in [0.4, 0.5) is 23.0 Å². The highest BCUT2D eigenvalue weighted by atomic mass is 35.5.